The summed E-state index contributed by atoms with van der Waals surface area (Å²) in [6.07, 6.45) is 3.61. The van der Waals surface area contributed by atoms with Crippen molar-refractivity contribution in [3.63, 3.8) is 0 Å². The van der Waals surface area contributed by atoms with Gasteiger partial charge in [-0.1, -0.05) is 17.7 Å². The van der Waals surface area contributed by atoms with Crippen molar-refractivity contribution in [3.05, 3.63) is 57.9 Å². The van der Waals surface area contributed by atoms with Crippen molar-refractivity contribution in [1.82, 2.24) is 9.58 Å². The highest BCUT2D eigenvalue weighted by molar-refractivity contribution is 8.45. The molecular weight excluding hydrogens is 414 g/mol. The van der Waals surface area contributed by atoms with Gasteiger partial charge < -0.3 is 4.57 Å². The van der Waals surface area contributed by atoms with Gasteiger partial charge in [-0.15, -0.1) is 16.9 Å². The summed E-state index contributed by atoms with van der Waals surface area (Å²) in [6.45, 7) is 3.97. The second kappa shape index (κ2) is 7.27. The van der Waals surface area contributed by atoms with Crippen molar-refractivity contribution < 1.29 is 4.79 Å². The third kappa shape index (κ3) is 3.21. The van der Waals surface area contributed by atoms with Crippen LogP contribution in [0.4, 0.5) is 0 Å². The van der Waals surface area contributed by atoms with Gasteiger partial charge in [0.05, 0.1) is 5.57 Å². The molecule has 1 N–H and O–H groups in total. The summed E-state index contributed by atoms with van der Waals surface area (Å²) in [5.74, 6) is -0.382. The molecule has 1 aromatic heterocycles. The Balaban J connectivity index is 1.76. The number of hydrogen-bond acceptors (Lipinski definition) is 5. The number of aryl methyl sites for hydroxylation is 1. The molecule has 0 bridgehead atoms. The molecule has 142 valence electrons. The van der Waals surface area contributed by atoms with E-state index in [0.29, 0.717) is 10.2 Å². The SMILES string of the molecule is CSC1=NN2C(=N)C(=Cc3cc(C)n(-c4cccc(Cl)c4)c3C)C(=O)N=C2S1. The van der Waals surface area contributed by atoms with Gasteiger partial charge in [0.15, 0.2) is 10.2 Å². The van der Waals surface area contributed by atoms with Crippen LogP contribution < -0.4 is 0 Å². The molecular formula is C19H16ClN5OS2. The fourth-order valence-electron chi connectivity index (χ4n) is 3.16. The van der Waals surface area contributed by atoms with E-state index in [9.17, 15) is 4.79 Å². The lowest BCUT2D eigenvalue weighted by Gasteiger charge is -2.20. The van der Waals surface area contributed by atoms with E-state index >= 15 is 0 Å². The number of benzene rings is 1. The fraction of sp³-hybridized carbons (Fsp3) is 0.158. The zero-order valence-corrected chi connectivity index (χ0v) is 17.7. The average molecular weight is 430 g/mol. The van der Waals surface area contributed by atoms with Crippen molar-refractivity contribution in [2.75, 3.05) is 6.26 Å². The molecule has 0 fully saturated rings. The highest BCUT2D eigenvalue weighted by Crippen LogP contribution is 2.32. The normalized spacial score (nSPS) is 17.9. The highest BCUT2D eigenvalue weighted by Gasteiger charge is 2.35. The molecule has 2 aliphatic heterocycles. The van der Waals surface area contributed by atoms with Crippen LogP contribution >= 0.6 is 35.1 Å². The third-order valence-electron chi connectivity index (χ3n) is 4.45. The molecule has 0 atom stereocenters. The maximum Gasteiger partial charge on any atom is 0.283 e. The molecule has 0 saturated heterocycles. The number of carbonyl (C=O) groups excluding carboxylic acids is 1. The van der Waals surface area contributed by atoms with Gasteiger partial charge in [-0.05, 0) is 67.8 Å². The number of hydrogen-bond donors (Lipinski definition) is 1. The molecule has 2 aliphatic rings. The van der Waals surface area contributed by atoms with E-state index in [0.717, 1.165) is 27.0 Å². The Morgan fingerprint density at radius 3 is 2.79 bits per heavy atom. The predicted molar refractivity (Wildman–Crippen MR) is 119 cm³/mol. The van der Waals surface area contributed by atoms with E-state index in [4.69, 9.17) is 17.0 Å². The molecule has 0 aliphatic carbocycles. The van der Waals surface area contributed by atoms with Crippen LogP contribution in [-0.2, 0) is 4.79 Å². The van der Waals surface area contributed by atoms with Crippen molar-refractivity contribution in [1.29, 1.82) is 5.41 Å². The Morgan fingerprint density at radius 1 is 1.29 bits per heavy atom. The lowest BCUT2D eigenvalue weighted by atomic mass is 10.1. The van der Waals surface area contributed by atoms with Crippen molar-refractivity contribution in [2.24, 2.45) is 10.1 Å². The van der Waals surface area contributed by atoms with E-state index in [1.54, 1.807) is 6.08 Å². The Hall–Kier alpha value is -2.29. The Bertz CT molecular complexity index is 1120. The van der Waals surface area contributed by atoms with Crippen LogP contribution in [0.2, 0.25) is 5.02 Å². The molecule has 9 heteroatoms. The first-order valence-corrected chi connectivity index (χ1v) is 10.8. The molecule has 0 spiro atoms. The minimum absolute atomic E-state index is 0.0408. The number of nitrogens with zero attached hydrogens (tertiary/aromatic N) is 4. The summed E-state index contributed by atoms with van der Waals surface area (Å²) >= 11 is 8.91. The van der Waals surface area contributed by atoms with Crippen molar-refractivity contribution in [2.45, 2.75) is 13.8 Å². The van der Waals surface area contributed by atoms with Crippen molar-refractivity contribution >= 4 is 62.5 Å². The smallest absolute Gasteiger partial charge is 0.283 e. The molecule has 0 radical (unpaired) electrons. The molecule has 1 aromatic carbocycles. The number of hydrazone groups is 1. The van der Waals surface area contributed by atoms with Gasteiger partial charge in [0.2, 0.25) is 5.17 Å². The number of amides is 1. The van der Waals surface area contributed by atoms with Gasteiger partial charge >= 0.3 is 0 Å². The third-order valence-corrected chi connectivity index (χ3v) is 6.57. The monoisotopic (exact) mass is 429 g/mol. The molecule has 4 rings (SSSR count). The first-order valence-electron chi connectivity index (χ1n) is 8.38. The highest BCUT2D eigenvalue weighted by atomic mass is 35.5. The van der Waals surface area contributed by atoms with Gasteiger partial charge in [-0.2, -0.15) is 10.0 Å². The van der Waals surface area contributed by atoms with E-state index in [2.05, 4.69) is 14.7 Å². The Labute approximate surface area is 175 Å². The zero-order valence-electron chi connectivity index (χ0n) is 15.4. The summed E-state index contributed by atoms with van der Waals surface area (Å²) in [5.41, 5.74) is 3.98. The zero-order chi connectivity index (χ0) is 20.0. The minimum atomic E-state index is -0.422. The molecule has 6 nitrogen and oxygen atoms in total. The standard InChI is InChI=1S/C19H16ClN5OS2/c1-10-7-12(11(2)24(10)14-6-4-5-13(20)9-14)8-15-16(21)25-18(22-17(15)26)28-19(23-25)27-3/h4-9,21H,1-3H3. The number of rotatable bonds is 2. The van der Waals surface area contributed by atoms with E-state index in [-0.39, 0.29) is 11.4 Å². The summed E-state index contributed by atoms with van der Waals surface area (Å²) in [4.78, 5) is 16.7. The van der Waals surface area contributed by atoms with Crippen LogP contribution in [0.25, 0.3) is 11.8 Å². The molecule has 3 heterocycles. The second-order valence-corrected chi connectivity index (χ2v) is 8.68. The number of amidine groups is 2. The summed E-state index contributed by atoms with van der Waals surface area (Å²) in [7, 11) is 0. The first kappa shape index (κ1) is 19.0. The van der Waals surface area contributed by atoms with Crippen LogP contribution in [0.15, 0.2) is 46.0 Å². The van der Waals surface area contributed by atoms with Crippen LogP contribution in [0.3, 0.4) is 0 Å². The number of carbonyl (C=O) groups is 1. The predicted octanol–water partition coefficient (Wildman–Crippen LogP) is 4.69. The van der Waals surface area contributed by atoms with Gasteiger partial charge in [-0.3, -0.25) is 10.2 Å². The Kier molecular flexibility index (Phi) is 4.95. The first-order chi connectivity index (χ1) is 13.4. The lowest BCUT2D eigenvalue weighted by Crippen LogP contribution is -2.35. The second-order valence-electron chi connectivity index (χ2n) is 6.23. The number of fused-ring (bicyclic) bond motifs is 1. The fourth-order valence-corrected chi connectivity index (χ4v) is 4.69. The lowest BCUT2D eigenvalue weighted by molar-refractivity contribution is -0.114. The number of aromatic nitrogens is 1. The summed E-state index contributed by atoms with van der Waals surface area (Å²) in [5, 5.41) is 15.3. The number of thioether (sulfide) groups is 2. The Morgan fingerprint density at radius 2 is 2.07 bits per heavy atom. The van der Waals surface area contributed by atoms with Crippen molar-refractivity contribution in [3.8, 4) is 5.69 Å². The maximum atomic E-state index is 12.5. The number of aliphatic imine (C=N–C) groups is 1. The summed E-state index contributed by atoms with van der Waals surface area (Å²) < 4.78 is 2.83. The van der Waals surface area contributed by atoms with E-state index in [1.807, 2.05) is 50.4 Å². The minimum Gasteiger partial charge on any atom is -0.318 e. The largest absolute Gasteiger partial charge is 0.318 e. The van der Waals surface area contributed by atoms with Crippen LogP contribution in [0.1, 0.15) is 17.0 Å². The van der Waals surface area contributed by atoms with Gasteiger partial charge in [0, 0.05) is 22.1 Å². The van der Waals surface area contributed by atoms with E-state index in [1.165, 1.54) is 28.5 Å². The summed E-state index contributed by atoms with van der Waals surface area (Å²) in [6, 6.07) is 9.59. The molecule has 0 saturated carbocycles. The van der Waals surface area contributed by atoms with Crippen LogP contribution in [0, 0.1) is 19.3 Å². The van der Waals surface area contributed by atoms with E-state index < -0.39 is 5.91 Å². The average Bonchev–Trinajstić information content (AvgIpc) is 3.19. The molecule has 0 unspecified atom stereocenters. The molecule has 1 amide bonds. The maximum absolute atomic E-state index is 12.5. The number of halogens is 1. The van der Waals surface area contributed by atoms with Gasteiger partial charge in [0.25, 0.3) is 5.91 Å². The number of nitrogens with one attached hydrogen (secondary N) is 1. The topological polar surface area (TPSA) is 73.8 Å². The van der Waals surface area contributed by atoms with Gasteiger partial charge in [-0.25, -0.2) is 0 Å². The van der Waals surface area contributed by atoms with Crippen LogP contribution in [-0.4, -0.2) is 37.1 Å². The molecule has 28 heavy (non-hydrogen) atoms. The quantitative estimate of drug-likeness (QED) is 0.703. The molecule has 2 aromatic rings. The van der Waals surface area contributed by atoms with Crippen LogP contribution in [0.5, 0.6) is 0 Å². The van der Waals surface area contributed by atoms with Gasteiger partial charge in [0.1, 0.15) is 0 Å².